The van der Waals surface area contributed by atoms with E-state index in [0.29, 0.717) is 10.3 Å². The summed E-state index contributed by atoms with van der Waals surface area (Å²) in [7, 11) is 2.73. The van der Waals surface area contributed by atoms with Crippen LogP contribution < -0.4 is 24.3 Å². The van der Waals surface area contributed by atoms with Crippen LogP contribution in [0.1, 0.15) is 87.5 Å². The largest absolute Gasteiger partial charge is 0.493 e. The fourth-order valence-electron chi connectivity index (χ4n) is 6.13. The molecule has 0 bridgehead atoms. The number of carbonyl (C=O) groups is 5. The number of hydrogen-bond donors (Lipinski definition) is 1. The molecule has 2 aliphatic heterocycles. The van der Waals surface area contributed by atoms with Crippen LogP contribution in [0.25, 0.3) is 10.1 Å². The molecule has 1 N–H and O–H groups in total. The number of ketones is 1. The molecule has 2 aliphatic rings. The number of fused-ring (bicyclic) bond motifs is 2. The minimum atomic E-state index is -0.829. The van der Waals surface area contributed by atoms with Crippen molar-refractivity contribution in [2.24, 2.45) is 0 Å². The van der Waals surface area contributed by atoms with E-state index in [9.17, 15) is 24.0 Å². The third-order valence-corrected chi connectivity index (χ3v) is 11.7. The summed E-state index contributed by atoms with van der Waals surface area (Å²) in [5, 5.41) is 2.67. The molecule has 316 valence electrons. The van der Waals surface area contributed by atoms with E-state index >= 15 is 8.78 Å². The number of amides is 2. The lowest BCUT2D eigenvalue weighted by molar-refractivity contribution is -0.150. The minimum absolute atomic E-state index is 0.0320. The van der Waals surface area contributed by atoms with Crippen LogP contribution in [0.4, 0.5) is 13.6 Å². The standard InChI is InChI=1S/C40H48F2N2O12S2/c1-8-52-32(47)12-10-25(45)29-17-23-28(57-29)18-27(51-7)37(34(23)41)54-15-9-14-53-36-26(50-6)16-22-20-44(21-24(22)35(36)42)31(46)11-13-33(48)55-40(5)30(58-40)19-43-38(49)56-39(2,3)4/h16-18,30H,8-15,19-21H2,1-7H3,(H,43,49). The molecule has 1 aromatic heterocycles. The number of nitrogens with one attached hydrogen (secondary N) is 1. The van der Waals surface area contributed by atoms with E-state index in [4.69, 9.17) is 33.2 Å². The summed E-state index contributed by atoms with van der Waals surface area (Å²) < 4.78 is 70.0. The molecule has 18 heteroatoms. The van der Waals surface area contributed by atoms with Crippen LogP contribution in [0.15, 0.2) is 18.2 Å². The number of carbonyl (C=O) groups excluding carboxylic acids is 5. The van der Waals surface area contributed by atoms with Crippen LogP contribution in [0, 0.1) is 11.6 Å². The summed E-state index contributed by atoms with van der Waals surface area (Å²) in [6.45, 7) is 9.16. The first-order valence-corrected chi connectivity index (χ1v) is 20.4. The molecule has 0 aliphatic carbocycles. The lowest BCUT2D eigenvalue weighted by atomic mass is 10.1. The zero-order chi connectivity index (χ0) is 42.4. The van der Waals surface area contributed by atoms with Crippen LogP contribution >= 0.6 is 23.1 Å². The Labute approximate surface area is 343 Å². The van der Waals surface area contributed by atoms with Crippen molar-refractivity contribution in [3.05, 3.63) is 45.8 Å². The van der Waals surface area contributed by atoms with Gasteiger partial charge in [-0.3, -0.25) is 19.2 Å². The van der Waals surface area contributed by atoms with Gasteiger partial charge in [0.25, 0.3) is 0 Å². The van der Waals surface area contributed by atoms with Crippen molar-refractivity contribution >= 4 is 62.9 Å². The molecule has 2 amide bonds. The zero-order valence-corrected chi connectivity index (χ0v) is 35.1. The molecule has 58 heavy (non-hydrogen) atoms. The molecule has 14 nitrogen and oxygen atoms in total. The Morgan fingerprint density at radius 1 is 0.897 bits per heavy atom. The van der Waals surface area contributed by atoms with Gasteiger partial charge in [-0.2, -0.15) is 0 Å². The molecule has 3 aromatic rings. The summed E-state index contributed by atoms with van der Waals surface area (Å²) in [6.07, 6.45) is -0.822. The van der Waals surface area contributed by atoms with Crippen molar-refractivity contribution in [2.75, 3.05) is 40.6 Å². The van der Waals surface area contributed by atoms with E-state index in [1.165, 1.54) is 36.9 Å². The normalized spacial score (nSPS) is 17.0. The molecule has 2 aromatic carbocycles. The molecule has 2 unspecified atom stereocenters. The van der Waals surface area contributed by atoms with Crippen molar-refractivity contribution in [3.8, 4) is 23.0 Å². The topological polar surface area (TPSA) is 165 Å². The fraction of sp³-hybridized carbons (Fsp3) is 0.525. The van der Waals surface area contributed by atoms with Crippen LogP contribution in [0.3, 0.4) is 0 Å². The summed E-state index contributed by atoms with van der Waals surface area (Å²) in [5.41, 5.74) is 0.166. The van der Waals surface area contributed by atoms with E-state index in [0.717, 1.165) is 11.3 Å². The molecular weight excluding hydrogens is 803 g/mol. The molecular formula is C40H48F2N2O12S2. The Kier molecular flexibility index (Phi) is 14.4. The lowest BCUT2D eigenvalue weighted by Crippen LogP contribution is -2.36. The number of halogens is 2. The van der Waals surface area contributed by atoms with Crippen molar-refractivity contribution in [1.82, 2.24) is 10.2 Å². The second-order valence-corrected chi connectivity index (χ2v) is 17.3. The van der Waals surface area contributed by atoms with Gasteiger partial charge >= 0.3 is 18.0 Å². The van der Waals surface area contributed by atoms with Crippen LogP contribution in [0.5, 0.6) is 23.0 Å². The monoisotopic (exact) mass is 850 g/mol. The summed E-state index contributed by atoms with van der Waals surface area (Å²) in [4.78, 5) is 62.9. The Morgan fingerprint density at radius 2 is 1.55 bits per heavy atom. The molecule has 1 saturated heterocycles. The number of alkyl carbamates (subject to hydrolysis) is 1. The highest BCUT2D eigenvalue weighted by molar-refractivity contribution is 8.08. The van der Waals surface area contributed by atoms with Gasteiger partial charge in [0.1, 0.15) is 5.60 Å². The van der Waals surface area contributed by atoms with E-state index in [-0.39, 0.29) is 127 Å². The summed E-state index contributed by atoms with van der Waals surface area (Å²) in [5.74, 6) is -3.18. The van der Waals surface area contributed by atoms with Crippen molar-refractivity contribution in [3.63, 3.8) is 0 Å². The molecule has 0 saturated carbocycles. The SMILES string of the molecule is CCOC(=O)CCC(=O)c1cc2c(F)c(OCCCOc3c(OC)cc4c(c3F)CN(C(=O)CCC(=O)OC3(C)SC3CNC(=O)OC(C)(C)C)C4)c(OC)cc2s1. The smallest absolute Gasteiger partial charge is 0.407 e. The third kappa shape index (κ3) is 11.0. The number of methoxy groups -OCH3 is 2. The number of ether oxygens (including phenoxy) is 7. The average molecular weight is 851 g/mol. The maximum atomic E-state index is 15.9. The highest BCUT2D eigenvalue weighted by Gasteiger charge is 2.55. The van der Waals surface area contributed by atoms with Gasteiger partial charge in [-0.15, -0.1) is 23.1 Å². The predicted molar refractivity (Wildman–Crippen MR) is 211 cm³/mol. The van der Waals surface area contributed by atoms with Gasteiger partial charge in [-0.25, -0.2) is 13.6 Å². The number of rotatable bonds is 19. The molecule has 3 heterocycles. The molecule has 0 spiro atoms. The fourth-order valence-corrected chi connectivity index (χ4v) is 8.12. The molecule has 0 radical (unpaired) electrons. The number of esters is 2. The second kappa shape index (κ2) is 18.8. The van der Waals surface area contributed by atoms with Crippen LogP contribution in [0.2, 0.25) is 0 Å². The highest BCUT2D eigenvalue weighted by atomic mass is 32.2. The predicted octanol–water partition coefficient (Wildman–Crippen LogP) is 7.09. The maximum absolute atomic E-state index is 15.9. The Bertz CT molecular complexity index is 2050. The van der Waals surface area contributed by atoms with Gasteiger partial charge in [0.15, 0.2) is 45.3 Å². The first-order valence-electron chi connectivity index (χ1n) is 18.7. The van der Waals surface area contributed by atoms with Gasteiger partial charge in [0.05, 0.1) is 57.0 Å². The highest BCUT2D eigenvalue weighted by Crippen LogP contribution is 2.54. The van der Waals surface area contributed by atoms with Crippen molar-refractivity contribution in [2.45, 2.75) is 95.6 Å². The van der Waals surface area contributed by atoms with Gasteiger partial charge in [0.2, 0.25) is 5.91 Å². The number of nitrogens with zero attached hydrogens (tertiary/aromatic N) is 1. The Balaban J connectivity index is 1.10. The first kappa shape index (κ1) is 44.3. The van der Waals surface area contributed by atoms with E-state index in [1.54, 1.807) is 46.8 Å². The van der Waals surface area contributed by atoms with Gasteiger partial charge < -0.3 is 43.4 Å². The van der Waals surface area contributed by atoms with Gasteiger partial charge in [-0.05, 0) is 52.3 Å². The summed E-state index contributed by atoms with van der Waals surface area (Å²) in [6, 6.07) is 4.60. The molecule has 1 fully saturated rings. The quantitative estimate of drug-likeness (QED) is 0.0428. The van der Waals surface area contributed by atoms with Crippen LogP contribution in [-0.2, 0) is 41.7 Å². The lowest BCUT2D eigenvalue weighted by Gasteiger charge is -2.19. The van der Waals surface area contributed by atoms with Gasteiger partial charge in [0, 0.05) is 60.6 Å². The second-order valence-electron chi connectivity index (χ2n) is 14.6. The van der Waals surface area contributed by atoms with Crippen molar-refractivity contribution < 1.29 is 65.9 Å². The van der Waals surface area contributed by atoms with E-state index in [1.807, 2.05) is 0 Å². The molecule has 2 atom stereocenters. The third-order valence-electron chi connectivity index (χ3n) is 9.08. The number of hydrogen-bond acceptors (Lipinski definition) is 14. The summed E-state index contributed by atoms with van der Waals surface area (Å²) >= 11 is 2.46. The maximum Gasteiger partial charge on any atom is 0.407 e. The number of Topliss-reactive ketones (excluding diaryl/α,β-unsaturated/α-hetero) is 1. The Hall–Kier alpha value is -4.84. The number of thioether (sulfide) groups is 1. The first-order chi connectivity index (χ1) is 27.5. The zero-order valence-electron chi connectivity index (χ0n) is 33.5. The number of thiophene rings is 1. The average Bonchev–Trinajstić information content (AvgIpc) is 3.45. The Morgan fingerprint density at radius 3 is 2.21 bits per heavy atom. The molecule has 5 rings (SSSR count). The number of benzene rings is 2. The van der Waals surface area contributed by atoms with Crippen LogP contribution in [-0.4, -0.2) is 91.0 Å². The van der Waals surface area contributed by atoms with Crippen molar-refractivity contribution in [1.29, 1.82) is 0 Å². The van der Waals surface area contributed by atoms with E-state index < -0.39 is 40.2 Å². The van der Waals surface area contributed by atoms with Gasteiger partial charge in [-0.1, -0.05) is 0 Å². The van der Waals surface area contributed by atoms with E-state index in [2.05, 4.69) is 5.32 Å². The minimum Gasteiger partial charge on any atom is -0.493 e.